The molecule has 0 atom stereocenters. The predicted molar refractivity (Wildman–Crippen MR) is 103 cm³/mol. The van der Waals surface area contributed by atoms with Gasteiger partial charge in [-0.1, -0.05) is 28.1 Å². The molecule has 5 heteroatoms. The van der Waals surface area contributed by atoms with Crippen LogP contribution in [0.2, 0.25) is 0 Å². The van der Waals surface area contributed by atoms with Crippen LogP contribution in [0.1, 0.15) is 24.8 Å². The topological polar surface area (TPSA) is 35.8 Å². The van der Waals surface area contributed by atoms with Crippen molar-refractivity contribution in [2.75, 3.05) is 18.0 Å². The summed E-state index contributed by atoms with van der Waals surface area (Å²) in [4.78, 5) is 7.02. The van der Waals surface area contributed by atoms with Crippen molar-refractivity contribution in [3.8, 4) is 5.75 Å². The number of phenols is 1. The molecule has 0 aromatic heterocycles. The summed E-state index contributed by atoms with van der Waals surface area (Å²) in [6.07, 6.45) is 5.49. The molecule has 2 aromatic rings. The molecule has 1 saturated heterocycles. The van der Waals surface area contributed by atoms with Gasteiger partial charge in [-0.2, -0.15) is 0 Å². The number of aromatic hydroxyl groups is 1. The Morgan fingerprint density at radius 3 is 2.57 bits per heavy atom. The van der Waals surface area contributed by atoms with Gasteiger partial charge in [-0.05, 0) is 59.5 Å². The molecular formula is C18H18Br2N2O. The van der Waals surface area contributed by atoms with E-state index in [-0.39, 0.29) is 5.75 Å². The molecule has 1 aliphatic heterocycles. The second kappa shape index (κ2) is 7.49. The third-order valence-corrected chi connectivity index (χ3v) is 5.04. The van der Waals surface area contributed by atoms with Crippen molar-refractivity contribution in [1.29, 1.82) is 0 Å². The highest BCUT2D eigenvalue weighted by molar-refractivity contribution is 9.11. The lowest BCUT2D eigenvalue weighted by Gasteiger charge is -2.29. The molecular weight excluding hydrogens is 420 g/mol. The van der Waals surface area contributed by atoms with E-state index in [1.165, 1.54) is 19.3 Å². The summed E-state index contributed by atoms with van der Waals surface area (Å²) in [6.45, 7) is 2.17. The molecule has 0 radical (unpaired) electrons. The van der Waals surface area contributed by atoms with Gasteiger partial charge >= 0.3 is 0 Å². The largest absolute Gasteiger partial charge is 0.506 e. The molecule has 0 aliphatic carbocycles. The first-order chi connectivity index (χ1) is 11.1. The van der Waals surface area contributed by atoms with E-state index in [0.717, 1.165) is 28.9 Å². The van der Waals surface area contributed by atoms with Gasteiger partial charge in [0.05, 0.1) is 15.8 Å². The predicted octanol–water partition coefficient (Wildman–Crippen LogP) is 5.66. The third kappa shape index (κ3) is 3.96. The fourth-order valence-electron chi connectivity index (χ4n) is 2.80. The van der Waals surface area contributed by atoms with Crippen LogP contribution in [0.3, 0.4) is 0 Å². The smallest absolute Gasteiger partial charge is 0.138 e. The Morgan fingerprint density at radius 1 is 1.04 bits per heavy atom. The summed E-state index contributed by atoms with van der Waals surface area (Å²) in [5.74, 6) is 0.201. The maximum atomic E-state index is 10.1. The first-order valence-corrected chi connectivity index (χ1v) is 9.30. The summed E-state index contributed by atoms with van der Waals surface area (Å²) in [5, 5.41) is 10.1. The van der Waals surface area contributed by atoms with Gasteiger partial charge in [0.25, 0.3) is 0 Å². The Labute approximate surface area is 153 Å². The first kappa shape index (κ1) is 16.5. The molecule has 1 fully saturated rings. The number of anilines is 1. The molecule has 1 N–H and O–H groups in total. The monoisotopic (exact) mass is 436 g/mol. The van der Waals surface area contributed by atoms with Crippen LogP contribution >= 0.6 is 31.9 Å². The summed E-state index contributed by atoms with van der Waals surface area (Å²) in [5.41, 5.74) is 2.78. The van der Waals surface area contributed by atoms with Crippen LogP contribution in [0.15, 0.2) is 50.3 Å². The zero-order valence-electron chi connectivity index (χ0n) is 12.7. The van der Waals surface area contributed by atoms with Crippen LogP contribution in [0.25, 0.3) is 0 Å². The number of hydrogen-bond donors (Lipinski definition) is 1. The number of para-hydroxylation sites is 2. The maximum absolute atomic E-state index is 10.1. The van der Waals surface area contributed by atoms with Crippen LogP contribution in [0.4, 0.5) is 11.4 Å². The minimum atomic E-state index is 0.201. The lowest BCUT2D eigenvalue weighted by Crippen LogP contribution is -2.29. The van der Waals surface area contributed by atoms with Gasteiger partial charge in [0, 0.05) is 29.3 Å². The second-order valence-corrected chi connectivity index (χ2v) is 7.39. The minimum Gasteiger partial charge on any atom is -0.506 e. The van der Waals surface area contributed by atoms with E-state index in [1.807, 2.05) is 24.3 Å². The van der Waals surface area contributed by atoms with E-state index >= 15 is 0 Å². The van der Waals surface area contributed by atoms with E-state index in [4.69, 9.17) is 0 Å². The van der Waals surface area contributed by atoms with Gasteiger partial charge in [-0.3, -0.25) is 4.99 Å². The van der Waals surface area contributed by atoms with Crippen LogP contribution < -0.4 is 4.90 Å². The molecule has 0 amide bonds. The lowest BCUT2D eigenvalue weighted by molar-refractivity contribution is 0.471. The lowest BCUT2D eigenvalue weighted by atomic mass is 10.1. The number of nitrogens with zero attached hydrogens (tertiary/aromatic N) is 2. The first-order valence-electron chi connectivity index (χ1n) is 7.71. The summed E-state index contributed by atoms with van der Waals surface area (Å²) in [6, 6.07) is 11.9. The number of piperidine rings is 1. The van der Waals surface area contributed by atoms with Crippen LogP contribution in [0, 0.1) is 0 Å². The van der Waals surface area contributed by atoms with Gasteiger partial charge in [-0.15, -0.1) is 0 Å². The molecule has 0 spiro atoms. The van der Waals surface area contributed by atoms with Gasteiger partial charge in [0.1, 0.15) is 5.75 Å². The molecule has 120 valence electrons. The second-order valence-electron chi connectivity index (χ2n) is 5.62. The molecule has 23 heavy (non-hydrogen) atoms. The normalized spacial score (nSPS) is 15.3. The van der Waals surface area contributed by atoms with Gasteiger partial charge < -0.3 is 10.0 Å². The van der Waals surface area contributed by atoms with Crippen molar-refractivity contribution in [3.63, 3.8) is 0 Å². The maximum Gasteiger partial charge on any atom is 0.138 e. The summed E-state index contributed by atoms with van der Waals surface area (Å²) in [7, 11) is 0. The fraction of sp³-hybridized carbons (Fsp3) is 0.278. The van der Waals surface area contributed by atoms with Crippen molar-refractivity contribution < 1.29 is 5.11 Å². The fourth-order valence-corrected chi connectivity index (χ4v) is 4.06. The summed E-state index contributed by atoms with van der Waals surface area (Å²) < 4.78 is 1.55. The van der Waals surface area contributed by atoms with E-state index < -0.39 is 0 Å². The van der Waals surface area contributed by atoms with Crippen molar-refractivity contribution in [2.45, 2.75) is 19.3 Å². The molecule has 0 saturated carbocycles. The number of hydrogen-bond acceptors (Lipinski definition) is 3. The molecule has 0 unspecified atom stereocenters. The van der Waals surface area contributed by atoms with E-state index in [2.05, 4.69) is 53.9 Å². The highest BCUT2D eigenvalue weighted by Gasteiger charge is 2.13. The number of aliphatic imine (C=N–C) groups is 1. The number of phenolic OH excluding ortho intramolecular Hbond substituents is 1. The average molecular weight is 438 g/mol. The Hall–Kier alpha value is -1.33. The van der Waals surface area contributed by atoms with Crippen LogP contribution in [0.5, 0.6) is 5.75 Å². The Balaban J connectivity index is 1.91. The Morgan fingerprint density at radius 2 is 1.78 bits per heavy atom. The highest BCUT2D eigenvalue weighted by atomic mass is 79.9. The van der Waals surface area contributed by atoms with Gasteiger partial charge in [0.15, 0.2) is 0 Å². The molecule has 1 aliphatic rings. The van der Waals surface area contributed by atoms with Gasteiger partial charge in [-0.25, -0.2) is 0 Å². The zero-order valence-corrected chi connectivity index (χ0v) is 15.8. The van der Waals surface area contributed by atoms with Crippen molar-refractivity contribution in [3.05, 3.63) is 50.9 Å². The molecule has 3 nitrogen and oxygen atoms in total. The van der Waals surface area contributed by atoms with E-state index in [0.29, 0.717) is 10.0 Å². The summed E-state index contributed by atoms with van der Waals surface area (Å²) >= 11 is 6.79. The highest BCUT2D eigenvalue weighted by Crippen LogP contribution is 2.33. The quantitative estimate of drug-likeness (QED) is 0.629. The van der Waals surface area contributed by atoms with E-state index in [1.54, 1.807) is 6.21 Å². The Kier molecular flexibility index (Phi) is 5.38. The standard InChI is InChI=1S/C18H18Br2N2O/c19-14-10-13(18(23)15(20)11-14)12-21-16-6-2-3-7-17(16)22-8-4-1-5-9-22/h2-3,6-7,10-12,23H,1,4-5,8-9H2. The molecule has 0 bridgehead atoms. The van der Waals surface area contributed by atoms with E-state index in [9.17, 15) is 5.11 Å². The number of rotatable bonds is 3. The molecule has 1 heterocycles. The SMILES string of the molecule is Oc1c(Br)cc(Br)cc1C=Nc1ccccc1N1CCCCC1. The minimum absolute atomic E-state index is 0.201. The van der Waals surface area contributed by atoms with Crippen molar-refractivity contribution in [1.82, 2.24) is 0 Å². The van der Waals surface area contributed by atoms with Crippen molar-refractivity contribution in [2.24, 2.45) is 4.99 Å². The zero-order chi connectivity index (χ0) is 16.2. The van der Waals surface area contributed by atoms with Crippen LogP contribution in [-0.2, 0) is 0 Å². The average Bonchev–Trinajstić information content (AvgIpc) is 2.58. The third-order valence-electron chi connectivity index (χ3n) is 3.98. The molecule has 2 aromatic carbocycles. The van der Waals surface area contributed by atoms with Crippen molar-refractivity contribution >= 4 is 49.4 Å². The van der Waals surface area contributed by atoms with Crippen LogP contribution in [-0.4, -0.2) is 24.4 Å². The molecule has 3 rings (SSSR count). The number of benzene rings is 2. The van der Waals surface area contributed by atoms with Gasteiger partial charge in [0.2, 0.25) is 0 Å². The number of halogens is 2. The Bertz CT molecular complexity index is 725.